The van der Waals surface area contributed by atoms with E-state index < -0.39 is 0 Å². The first-order valence-corrected chi connectivity index (χ1v) is 8.15. The number of rotatable bonds is 4. The molecule has 1 N–H and O–H groups in total. The Balaban J connectivity index is 1.76. The summed E-state index contributed by atoms with van der Waals surface area (Å²) in [5.74, 6) is 1.26. The fraction of sp³-hybridized carbons (Fsp3) is 0.333. The molecule has 25 heavy (non-hydrogen) atoms. The number of carbonyl (C=O) groups excluding carboxylic acids is 1. The molecule has 3 heterocycles. The Kier molecular flexibility index (Phi) is 4.39. The van der Waals surface area contributed by atoms with Gasteiger partial charge in [0.25, 0.3) is 0 Å². The third-order valence-electron chi connectivity index (χ3n) is 4.48. The number of imidazole rings is 1. The molecule has 0 bridgehead atoms. The van der Waals surface area contributed by atoms with Crippen LogP contribution in [0.3, 0.4) is 0 Å². The lowest BCUT2D eigenvalue weighted by atomic mass is 9.98. The van der Waals surface area contributed by atoms with Gasteiger partial charge in [-0.2, -0.15) is 5.10 Å². The van der Waals surface area contributed by atoms with Crippen molar-refractivity contribution < 1.29 is 4.79 Å². The van der Waals surface area contributed by atoms with E-state index in [4.69, 9.17) is 0 Å². The molecule has 7 nitrogen and oxygen atoms in total. The van der Waals surface area contributed by atoms with Gasteiger partial charge >= 0.3 is 0 Å². The van der Waals surface area contributed by atoms with E-state index >= 15 is 0 Å². The van der Waals surface area contributed by atoms with Gasteiger partial charge in [0.15, 0.2) is 0 Å². The minimum Gasteiger partial charge on any atom is -0.324 e. The number of anilines is 1. The van der Waals surface area contributed by atoms with E-state index in [2.05, 4.69) is 20.4 Å². The lowest BCUT2D eigenvalue weighted by molar-refractivity contribution is -0.117. The molecule has 130 valence electrons. The minimum atomic E-state index is -0.288. The largest absolute Gasteiger partial charge is 0.324 e. The van der Waals surface area contributed by atoms with E-state index in [9.17, 15) is 4.79 Å². The van der Waals surface area contributed by atoms with Gasteiger partial charge < -0.3 is 5.32 Å². The lowest BCUT2D eigenvalue weighted by Crippen LogP contribution is -2.20. The molecule has 3 aromatic rings. The summed E-state index contributed by atoms with van der Waals surface area (Å²) in [6.07, 6.45) is 5.24. The summed E-state index contributed by atoms with van der Waals surface area (Å²) in [4.78, 5) is 21.2. The third-order valence-corrected chi connectivity index (χ3v) is 4.48. The van der Waals surface area contributed by atoms with E-state index in [1.165, 1.54) is 0 Å². The molecule has 1 unspecified atom stereocenters. The van der Waals surface area contributed by atoms with Crippen LogP contribution in [0.4, 0.5) is 5.69 Å². The standard InChI is InChI=1S/C18H22N6O/c1-11(17-12(2)22-23(5)13(17)3)18(25)21-15-6-7-16(20-10-15)24-9-8-19-14(24)4/h6-11H,1-5H3,(H,21,25). The van der Waals surface area contributed by atoms with Crippen LogP contribution in [0.5, 0.6) is 0 Å². The van der Waals surface area contributed by atoms with Crippen molar-refractivity contribution in [3.63, 3.8) is 0 Å². The summed E-state index contributed by atoms with van der Waals surface area (Å²) in [5, 5.41) is 7.31. The smallest absolute Gasteiger partial charge is 0.231 e. The van der Waals surface area contributed by atoms with Crippen molar-refractivity contribution in [3.8, 4) is 5.82 Å². The molecule has 1 atom stereocenters. The highest BCUT2D eigenvalue weighted by Crippen LogP contribution is 2.24. The van der Waals surface area contributed by atoms with E-state index in [1.807, 2.05) is 57.6 Å². The summed E-state index contributed by atoms with van der Waals surface area (Å²) >= 11 is 0. The molecule has 0 fully saturated rings. The van der Waals surface area contributed by atoms with Crippen molar-refractivity contribution >= 4 is 11.6 Å². The zero-order chi connectivity index (χ0) is 18.1. The lowest BCUT2D eigenvalue weighted by Gasteiger charge is -2.13. The van der Waals surface area contributed by atoms with Crippen molar-refractivity contribution in [2.24, 2.45) is 7.05 Å². The van der Waals surface area contributed by atoms with Crippen LogP contribution in [-0.2, 0) is 11.8 Å². The van der Waals surface area contributed by atoms with Gasteiger partial charge in [-0.1, -0.05) is 0 Å². The topological polar surface area (TPSA) is 77.6 Å². The van der Waals surface area contributed by atoms with Gasteiger partial charge in [0.2, 0.25) is 5.91 Å². The highest BCUT2D eigenvalue weighted by Gasteiger charge is 2.22. The van der Waals surface area contributed by atoms with Crippen LogP contribution in [-0.4, -0.2) is 30.2 Å². The molecule has 0 aliphatic heterocycles. The molecule has 0 saturated carbocycles. The molecular formula is C18H22N6O. The first-order chi connectivity index (χ1) is 11.9. The van der Waals surface area contributed by atoms with Crippen molar-refractivity contribution in [2.75, 3.05) is 5.32 Å². The second-order valence-corrected chi connectivity index (χ2v) is 6.17. The summed E-state index contributed by atoms with van der Waals surface area (Å²) in [6, 6.07) is 3.70. The molecule has 3 aromatic heterocycles. The quantitative estimate of drug-likeness (QED) is 0.793. The van der Waals surface area contributed by atoms with Gasteiger partial charge in [-0.3, -0.25) is 14.0 Å². The number of hydrogen-bond donors (Lipinski definition) is 1. The van der Waals surface area contributed by atoms with E-state index in [-0.39, 0.29) is 11.8 Å². The maximum Gasteiger partial charge on any atom is 0.231 e. The van der Waals surface area contributed by atoms with Gasteiger partial charge in [0.05, 0.1) is 23.5 Å². The van der Waals surface area contributed by atoms with Crippen molar-refractivity contribution in [2.45, 2.75) is 33.6 Å². The Hall–Kier alpha value is -2.96. The highest BCUT2D eigenvalue weighted by atomic mass is 16.1. The average molecular weight is 338 g/mol. The number of pyridine rings is 1. The maximum absolute atomic E-state index is 12.6. The fourth-order valence-corrected chi connectivity index (χ4v) is 3.02. The minimum absolute atomic E-state index is 0.0763. The number of aromatic nitrogens is 5. The second-order valence-electron chi connectivity index (χ2n) is 6.17. The molecule has 1 amide bonds. The van der Waals surface area contributed by atoms with E-state index in [1.54, 1.807) is 17.1 Å². The number of nitrogens with zero attached hydrogens (tertiary/aromatic N) is 5. The Morgan fingerprint density at radius 3 is 2.48 bits per heavy atom. The number of hydrogen-bond acceptors (Lipinski definition) is 4. The molecule has 0 aliphatic rings. The summed E-state index contributed by atoms with van der Waals surface area (Å²) in [6.45, 7) is 7.71. The number of aryl methyl sites for hydroxylation is 3. The van der Waals surface area contributed by atoms with Crippen molar-refractivity contribution in [1.29, 1.82) is 0 Å². The van der Waals surface area contributed by atoms with Crippen LogP contribution >= 0.6 is 0 Å². The molecule has 0 saturated heterocycles. The van der Waals surface area contributed by atoms with Crippen molar-refractivity contribution in [1.82, 2.24) is 24.3 Å². The van der Waals surface area contributed by atoms with Crippen LogP contribution in [0.25, 0.3) is 5.82 Å². The normalized spacial score (nSPS) is 12.2. The van der Waals surface area contributed by atoms with Gasteiger partial charge in [-0.25, -0.2) is 9.97 Å². The van der Waals surface area contributed by atoms with Crippen LogP contribution in [0.2, 0.25) is 0 Å². The Labute approximate surface area is 146 Å². The summed E-state index contributed by atoms with van der Waals surface area (Å²) in [5.41, 5.74) is 3.52. The van der Waals surface area contributed by atoms with Crippen LogP contribution in [0, 0.1) is 20.8 Å². The van der Waals surface area contributed by atoms with Gasteiger partial charge in [-0.05, 0) is 39.8 Å². The average Bonchev–Trinajstić information content (AvgIpc) is 3.11. The first-order valence-electron chi connectivity index (χ1n) is 8.15. The predicted molar refractivity (Wildman–Crippen MR) is 95.8 cm³/mol. The van der Waals surface area contributed by atoms with Gasteiger partial charge in [-0.15, -0.1) is 0 Å². The van der Waals surface area contributed by atoms with Crippen LogP contribution < -0.4 is 5.32 Å². The molecule has 0 spiro atoms. The van der Waals surface area contributed by atoms with Gasteiger partial charge in [0, 0.05) is 30.7 Å². The van der Waals surface area contributed by atoms with Crippen molar-refractivity contribution in [3.05, 3.63) is 53.5 Å². The van der Waals surface area contributed by atoms with E-state index in [0.29, 0.717) is 5.69 Å². The Bertz CT molecular complexity index is 906. The SMILES string of the molecule is Cc1nn(C)c(C)c1C(C)C(=O)Nc1ccc(-n2ccnc2C)nc1. The number of amides is 1. The highest BCUT2D eigenvalue weighted by molar-refractivity contribution is 5.95. The fourth-order valence-electron chi connectivity index (χ4n) is 3.02. The van der Waals surface area contributed by atoms with Crippen LogP contribution in [0.1, 0.15) is 35.6 Å². The Morgan fingerprint density at radius 2 is 1.96 bits per heavy atom. The summed E-state index contributed by atoms with van der Waals surface area (Å²) < 4.78 is 3.69. The van der Waals surface area contributed by atoms with E-state index in [0.717, 1.165) is 28.6 Å². The molecule has 0 aliphatic carbocycles. The number of carbonyl (C=O) groups is 1. The zero-order valence-electron chi connectivity index (χ0n) is 15.1. The third kappa shape index (κ3) is 3.17. The summed E-state index contributed by atoms with van der Waals surface area (Å²) in [7, 11) is 1.89. The Morgan fingerprint density at radius 1 is 1.20 bits per heavy atom. The molecule has 0 radical (unpaired) electrons. The monoisotopic (exact) mass is 338 g/mol. The zero-order valence-corrected chi connectivity index (χ0v) is 15.1. The maximum atomic E-state index is 12.6. The first kappa shape index (κ1) is 16.9. The van der Waals surface area contributed by atoms with Gasteiger partial charge in [0.1, 0.15) is 11.6 Å². The molecule has 0 aromatic carbocycles. The second kappa shape index (κ2) is 6.51. The molecule has 7 heteroatoms. The molecular weight excluding hydrogens is 316 g/mol. The number of nitrogens with one attached hydrogen (secondary N) is 1. The molecule has 3 rings (SSSR count). The van der Waals surface area contributed by atoms with Crippen LogP contribution in [0.15, 0.2) is 30.7 Å². The predicted octanol–water partition coefficient (Wildman–Crippen LogP) is 2.67.